The van der Waals surface area contributed by atoms with Crippen LogP contribution in [0.2, 0.25) is 5.02 Å². The van der Waals surface area contributed by atoms with Crippen molar-refractivity contribution in [2.24, 2.45) is 0 Å². The fraction of sp³-hybridized carbons (Fsp3) is 0.176. The maximum absolute atomic E-state index is 6.11. The highest BCUT2D eigenvalue weighted by atomic mass is 35.5. The third-order valence-electron chi connectivity index (χ3n) is 2.89. The lowest BCUT2D eigenvalue weighted by Crippen LogP contribution is -2.12. The van der Waals surface area contributed by atoms with E-state index in [-0.39, 0.29) is 0 Å². The molecular formula is C17H18ClNO. The molecule has 0 radical (unpaired) electrons. The summed E-state index contributed by atoms with van der Waals surface area (Å²) in [5.41, 5.74) is 2.32. The molecule has 2 aromatic carbocycles. The molecule has 0 aliphatic carbocycles. The molecule has 2 rings (SSSR count). The van der Waals surface area contributed by atoms with Gasteiger partial charge < -0.3 is 10.1 Å². The van der Waals surface area contributed by atoms with E-state index in [1.807, 2.05) is 36.4 Å². The van der Waals surface area contributed by atoms with Crippen molar-refractivity contribution in [3.8, 4) is 5.75 Å². The van der Waals surface area contributed by atoms with Crippen LogP contribution in [0.5, 0.6) is 5.75 Å². The van der Waals surface area contributed by atoms with Gasteiger partial charge in [-0.1, -0.05) is 54.6 Å². The molecule has 0 aromatic heterocycles. The molecule has 0 spiro atoms. The van der Waals surface area contributed by atoms with Crippen molar-refractivity contribution in [1.29, 1.82) is 0 Å². The molecule has 2 nitrogen and oxygen atoms in total. The summed E-state index contributed by atoms with van der Waals surface area (Å²) in [4.78, 5) is 0. The van der Waals surface area contributed by atoms with Gasteiger partial charge >= 0.3 is 0 Å². The summed E-state index contributed by atoms with van der Waals surface area (Å²) in [5, 5.41) is 4.18. The molecule has 3 heteroatoms. The van der Waals surface area contributed by atoms with Gasteiger partial charge in [0, 0.05) is 18.1 Å². The lowest BCUT2D eigenvalue weighted by Gasteiger charge is -2.08. The van der Waals surface area contributed by atoms with Crippen LogP contribution in [0.4, 0.5) is 0 Å². The Morgan fingerprint density at radius 2 is 1.80 bits per heavy atom. The van der Waals surface area contributed by atoms with E-state index in [1.54, 1.807) is 6.08 Å². The standard InChI is InChI=1S/C17H18ClNO/c1-2-11-20-16-9-7-14(8-10-16)12-19-13-15-5-3-4-6-17(15)18/h2-10,19H,1,11-13H2. The molecule has 0 amide bonds. The molecule has 20 heavy (non-hydrogen) atoms. The third-order valence-corrected chi connectivity index (χ3v) is 3.26. The topological polar surface area (TPSA) is 21.3 Å². The van der Waals surface area contributed by atoms with E-state index < -0.39 is 0 Å². The molecule has 104 valence electrons. The zero-order valence-electron chi connectivity index (χ0n) is 11.3. The summed E-state index contributed by atoms with van der Waals surface area (Å²) in [7, 11) is 0. The van der Waals surface area contributed by atoms with E-state index in [0.29, 0.717) is 6.61 Å². The van der Waals surface area contributed by atoms with Crippen molar-refractivity contribution >= 4 is 11.6 Å². The van der Waals surface area contributed by atoms with E-state index in [1.165, 1.54) is 5.56 Å². The first kappa shape index (κ1) is 14.6. The molecule has 0 unspecified atom stereocenters. The molecule has 2 aromatic rings. The Bertz CT molecular complexity index is 551. The lowest BCUT2D eigenvalue weighted by molar-refractivity contribution is 0.363. The Labute approximate surface area is 125 Å². The van der Waals surface area contributed by atoms with Crippen molar-refractivity contribution in [2.75, 3.05) is 6.61 Å². The minimum Gasteiger partial charge on any atom is -0.490 e. The molecule has 0 aliphatic rings. The number of rotatable bonds is 7. The van der Waals surface area contributed by atoms with Crippen LogP contribution in [0.25, 0.3) is 0 Å². The van der Waals surface area contributed by atoms with Gasteiger partial charge in [-0.05, 0) is 29.3 Å². The predicted molar refractivity (Wildman–Crippen MR) is 84.1 cm³/mol. The van der Waals surface area contributed by atoms with Crippen LogP contribution in [-0.4, -0.2) is 6.61 Å². The molecule has 0 bridgehead atoms. The van der Waals surface area contributed by atoms with E-state index in [2.05, 4.69) is 24.0 Å². The van der Waals surface area contributed by atoms with Crippen LogP contribution in [0.15, 0.2) is 61.2 Å². The number of halogens is 1. The van der Waals surface area contributed by atoms with Crippen LogP contribution in [0.1, 0.15) is 11.1 Å². The van der Waals surface area contributed by atoms with Crippen molar-refractivity contribution in [1.82, 2.24) is 5.32 Å². The second-order valence-electron chi connectivity index (χ2n) is 4.44. The zero-order valence-corrected chi connectivity index (χ0v) is 12.1. The van der Waals surface area contributed by atoms with Crippen molar-refractivity contribution < 1.29 is 4.74 Å². The van der Waals surface area contributed by atoms with Gasteiger partial charge in [0.1, 0.15) is 12.4 Å². The molecule has 0 saturated carbocycles. The van der Waals surface area contributed by atoms with Crippen molar-refractivity contribution in [3.05, 3.63) is 77.3 Å². The van der Waals surface area contributed by atoms with Crippen LogP contribution in [0, 0.1) is 0 Å². The molecule has 0 aliphatic heterocycles. The quantitative estimate of drug-likeness (QED) is 0.771. The van der Waals surface area contributed by atoms with Gasteiger partial charge in [-0.2, -0.15) is 0 Å². The second-order valence-corrected chi connectivity index (χ2v) is 4.85. The maximum atomic E-state index is 6.11. The number of benzene rings is 2. The SMILES string of the molecule is C=CCOc1ccc(CNCc2ccccc2Cl)cc1. The molecule has 0 fully saturated rings. The van der Waals surface area contributed by atoms with E-state index in [4.69, 9.17) is 16.3 Å². The van der Waals surface area contributed by atoms with E-state index in [9.17, 15) is 0 Å². The fourth-order valence-corrected chi connectivity index (χ4v) is 2.04. The predicted octanol–water partition coefficient (Wildman–Crippen LogP) is 4.19. The highest BCUT2D eigenvalue weighted by Gasteiger charge is 1.99. The third kappa shape index (κ3) is 4.41. The Hall–Kier alpha value is -1.77. The number of hydrogen-bond donors (Lipinski definition) is 1. The molecule has 0 saturated heterocycles. The maximum Gasteiger partial charge on any atom is 0.119 e. The minimum absolute atomic E-state index is 0.532. The molecule has 0 heterocycles. The Morgan fingerprint density at radius 3 is 2.50 bits per heavy atom. The summed E-state index contributed by atoms with van der Waals surface area (Å²) in [6.45, 7) is 5.71. The summed E-state index contributed by atoms with van der Waals surface area (Å²) in [6.07, 6.45) is 1.74. The minimum atomic E-state index is 0.532. The van der Waals surface area contributed by atoms with Gasteiger partial charge in [0.25, 0.3) is 0 Å². The monoisotopic (exact) mass is 287 g/mol. The Balaban J connectivity index is 1.82. The van der Waals surface area contributed by atoms with E-state index in [0.717, 1.165) is 29.4 Å². The number of hydrogen-bond acceptors (Lipinski definition) is 2. The van der Waals surface area contributed by atoms with Crippen molar-refractivity contribution in [2.45, 2.75) is 13.1 Å². The first-order valence-electron chi connectivity index (χ1n) is 6.56. The Kier molecular flexibility index (Phi) is 5.66. The van der Waals surface area contributed by atoms with Gasteiger partial charge in [-0.3, -0.25) is 0 Å². The molecular weight excluding hydrogens is 270 g/mol. The van der Waals surface area contributed by atoms with Gasteiger partial charge in [-0.15, -0.1) is 0 Å². The lowest BCUT2D eigenvalue weighted by atomic mass is 10.2. The number of nitrogens with one attached hydrogen (secondary N) is 1. The summed E-state index contributed by atoms with van der Waals surface area (Å²) in [5.74, 6) is 0.861. The van der Waals surface area contributed by atoms with Gasteiger partial charge in [-0.25, -0.2) is 0 Å². The highest BCUT2D eigenvalue weighted by Crippen LogP contribution is 2.15. The molecule has 1 N–H and O–H groups in total. The number of ether oxygens (including phenoxy) is 1. The normalized spacial score (nSPS) is 10.2. The van der Waals surface area contributed by atoms with Crippen LogP contribution < -0.4 is 10.1 Å². The smallest absolute Gasteiger partial charge is 0.119 e. The highest BCUT2D eigenvalue weighted by molar-refractivity contribution is 6.31. The largest absolute Gasteiger partial charge is 0.490 e. The summed E-state index contributed by atoms with van der Waals surface area (Å²) < 4.78 is 5.44. The van der Waals surface area contributed by atoms with E-state index >= 15 is 0 Å². The summed E-state index contributed by atoms with van der Waals surface area (Å²) in [6, 6.07) is 15.9. The first-order valence-corrected chi connectivity index (χ1v) is 6.94. The first-order chi connectivity index (χ1) is 9.79. The fourth-order valence-electron chi connectivity index (χ4n) is 1.84. The van der Waals surface area contributed by atoms with Crippen LogP contribution >= 0.6 is 11.6 Å². The van der Waals surface area contributed by atoms with Crippen LogP contribution in [-0.2, 0) is 13.1 Å². The van der Waals surface area contributed by atoms with Crippen molar-refractivity contribution in [3.63, 3.8) is 0 Å². The van der Waals surface area contributed by atoms with Crippen LogP contribution in [0.3, 0.4) is 0 Å². The van der Waals surface area contributed by atoms with Gasteiger partial charge in [0.15, 0.2) is 0 Å². The average molecular weight is 288 g/mol. The van der Waals surface area contributed by atoms with Gasteiger partial charge in [0.2, 0.25) is 0 Å². The Morgan fingerprint density at radius 1 is 1.05 bits per heavy atom. The molecule has 0 atom stereocenters. The summed E-state index contributed by atoms with van der Waals surface area (Å²) >= 11 is 6.11. The second kappa shape index (κ2) is 7.73. The zero-order chi connectivity index (χ0) is 14.2. The van der Waals surface area contributed by atoms with Gasteiger partial charge in [0.05, 0.1) is 0 Å². The average Bonchev–Trinajstić information content (AvgIpc) is 2.48.